The van der Waals surface area contributed by atoms with Crippen LogP contribution in [0.4, 0.5) is 9.59 Å². The minimum Gasteiger partial charge on any atom is -0.449 e. The van der Waals surface area contributed by atoms with Crippen molar-refractivity contribution in [2.45, 2.75) is 51.2 Å². The van der Waals surface area contributed by atoms with E-state index in [4.69, 9.17) is 9.47 Å². The van der Waals surface area contributed by atoms with E-state index in [0.29, 0.717) is 19.1 Å². The number of nitrogens with one attached hydrogen (secondary N) is 1. The third kappa shape index (κ3) is 5.61. The van der Waals surface area contributed by atoms with Gasteiger partial charge in [-0.25, -0.2) is 9.59 Å². The molecule has 7 nitrogen and oxygen atoms in total. The van der Waals surface area contributed by atoms with Crippen molar-refractivity contribution < 1.29 is 19.1 Å². The maximum absolute atomic E-state index is 11.9. The zero-order valence-electron chi connectivity index (χ0n) is 15.1. The molecule has 142 valence electrons. The number of aromatic nitrogens is 1. The topological polar surface area (TPSA) is 80.8 Å². The summed E-state index contributed by atoms with van der Waals surface area (Å²) in [6, 6.07) is 5.57. The van der Waals surface area contributed by atoms with Gasteiger partial charge in [0, 0.05) is 19.3 Å². The minimum absolute atomic E-state index is 0.0655. The Morgan fingerprint density at radius 1 is 1.15 bits per heavy atom. The Hall–Kier alpha value is -2.31. The van der Waals surface area contributed by atoms with Crippen molar-refractivity contribution in [3.63, 3.8) is 0 Å². The number of ether oxygens (including phenoxy) is 2. The first kappa shape index (κ1) is 18.5. The van der Waals surface area contributed by atoms with Crippen molar-refractivity contribution in [1.29, 1.82) is 0 Å². The second-order valence-electron chi connectivity index (χ2n) is 6.99. The molecule has 1 aliphatic carbocycles. The highest BCUT2D eigenvalue weighted by Gasteiger charge is 2.26. The Bertz CT molecular complexity index is 582. The number of likely N-dealkylation sites (tertiary alicyclic amines) is 1. The van der Waals surface area contributed by atoms with E-state index in [1.165, 1.54) is 0 Å². The summed E-state index contributed by atoms with van der Waals surface area (Å²) < 4.78 is 10.9. The van der Waals surface area contributed by atoms with Crippen molar-refractivity contribution in [2.24, 2.45) is 5.92 Å². The summed E-state index contributed by atoms with van der Waals surface area (Å²) >= 11 is 0. The van der Waals surface area contributed by atoms with E-state index in [9.17, 15) is 9.59 Å². The fraction of sp³-hybridized carbons (Fsp3) is 0.632. The van der Waals surface area contributed by atoms with Crippen molar-refractivity contribution >= 4 is 12.2 Å². The lowest BCUT2D eigenvalue weighted by Gasteiger charge is -2.28. The van der Waals surface area contributed by atoms with Crippen LogP contribution in [0, 0.1) is 5.92 Å². The molecular weight excluding hydrogens is 334 g/mol. The molecule has 0 unspecified atom stereocenters. The number of rotatable bonds is 5. The third-order valence-electron chi connectivity index (χ3n) is 5.01. The van der Waals surface area contributed by atoms with Crippen molar-refractivity contribution in [3.8, 4) is 0 Å². The second kappa shape index (κ2) is 9.40. The Morgan fingerprint density at radius 2 is 1.92 bits per heavy atom. The molecule has 0 bridgehead atoms. The number of nitrogens with zero attached hydrogens (tertiary/aromatic N) is 2. The molecule has 0 radical (unpaired) electrons. The molecule has 1 aromatic heterocycles. The van der Waals surface area contributed by atoms with Gasteiger partial charge in [0.15, 0.2) is 0 Å². The summed E-state index contributed by atoms with van der Waals surface area (Å²) in [6.45, 7) is 2.45. The molecule has 0 spiro atoms. The van der Waals surface area contributed by atoms with Crippen LogP contribution < -0.4 is 5.32 Å². The summed E-state index contributed by atoms with van der Waals surface area (Å²) in [5, 5.41) is 2.73. The molecule has 2 fully saturated rings. The SMILES string of the molecule is O=C(NCc1ccccn1)OC1CCC(COC(=O)N2CCCC2)CC1. The molecule has 0 atom stereocenters. The maximum atomic E-state index is 11.9. The van der Waals surface area contributed by atoms with E-state index in [-0.39, 0.29) is 12.2 Å². The number of carbonyl (C=O) groups excluding carboxylic acids is 2. The molecule has 2 aliphatic rings. The zero-order chi connectivity index (χ0) is 18.2. The molecule has 1 saturated heterocycles. The minimum atomic E-state index is -0.403. The molecule has 1 aliphatic heterocycles. The van der Waals surface area contributed by atoms with Gasteiger partial charge >= 0.3 is 12.2 Å². The van der Waals surface area contributed by atoms with Gasteiger partial charge in [-0.2, -0.15) is 0 Å². The highest BCUT2D eigenvalue weighted by molar-refractivity contribution is 5.68. The molecule has 26 heavy (non-hydrogen) atoms. The van der Waals surface area contributed by atoms with Gasteiger partial charge in [-0.05, 0) is 56.6 Å². The van der Waals surface area contributed by atoms with Crippen LogP contribution in [0.2, 0.25) is 0 Å². The van der Waals surface area contributed by atoms with Crippen LogP contribution in [0.5, 0.6) is 0 Å². The first-order chi connectivity index (χ1) is 12.7. The molecule has 7 heteroatoms. The Balaban J connectivity index is 1.29. The van der Waals surface area contributed by atoms with Gasteiger partial charge in [0.1, 0.15) is 6.10 Å². The van der Waals surface area contributed by atoms with Crippen molar-refractivity contribution in [1.82, 2.24) is 15.2 Å². The van der Waals surface area contributed by atoms with Gasteiger partial charge in [0.2, 0.25) is 0 Å². The fourth-order valence-corrected chi connectivity index (χ4v) is 3.45. The normalized spacial score (nSPS) is 22.7. The number of hydrogen-bond donors (Lipinski definition) is 1. The maximum Gasteiger partial charge on any atom is 0.409 e. The zero-order valence-corrected chi connectivity index (χ0v) is 15.1. The van der Waals surface area contributed by atoms with Gasteiger partial charge in [-0.3, -0.25) is 4.98 Å². The number of hydrogen-bond acceptors (Lipinski definition) is 5. The molecule has 3 rings (SSSR count). The van der Waals surface area contributed by atoms with Gasteiger partial charge in [0.05, 0.1) is 18.8 Å². The van der Waals surface area contributed by atoms with Crippen molar-refractivity contribution in [3.05, 3.63) is 30.1 Å². The highest BCUT2D eigenvalue weighted by Crippen LogP contribution is 2.27. The fourth-order valence-electron chi connectivity index (χ4n) is 3.45. The first-order valence-electron chi connectivity index (χ1n) is 9.47. The number of carbonyl (C=O) groups is 2. The summed E-state index contributed by atoms with van der Waals surface area (Å²) in [7, 11) is 0. The molecular formula is C19H27N3O4. The second-order valence-corrected chi connectivity index (χ2v) is 6.99. The van der Waals surface area contributed by atoms with Crippen LogP contribution >= 0.6 is 0 Å². The monoisotopic (exact) mass is 361 g/mol. The van der Waals surface area contributed by atoms with E-state index in [1.54, 1.807) is 11.1 Å². The molecule has 2 heterocycles. The van der Waals surface area contributed by atoms with Gasteiger partial charge < -0.3 is 19.7 Å². The number of alkyl carbamates (subject to hydrolysis) is 1. The van der Waals surface area contributed by atoms with Crippen LogP contribution in [-0.4, -0.2) is 47.9 Å². The van der Waals surface area contributed by atoms with Gasteiger partial charge in [0.25, 0.3) is 0 Å². The third-order valence-corrected chi connectivity index (χ3v) is 5.01. The summed E-state index contributed by atoms with van der Waals surface area (Å²) in [4.78, 5) is 29.7. The van der Waals surface area contributed by atoms with Crippen LogP contribution in [0.3, 0.4) is 0 Å². The quantitative estimate of drug-likeness (QED) is 0.872. The molecule has 1 saturated carbocycles. The first-order valence-corrected chi connectivity index (χ1v) is 9.47. The summed E-state index contributed by atoms with van der Waals surface area (Å²) in [5.74, 6) is 0.359. The van der Waals surface area contributed by atoms with E-state index in [0.717, 1.165) is 57.3 Å². The van der Waals surface area contributed by atoms with E-state index >= 15 is 0 Å². The van der Waals surface area contributed by atoms with Crippen LogP contribution in [0.1, 0.15) is 44.2 Å². The Labute approximate surface area is 154 Å². The van der Waals surface area contributed by atoms with Crippen LogP contribution in [0.15, 0.2) is 24.4 Å². The largest absolute Gasteiger partial charge is 0.449 e. The lowest BCUT2D eigenvalue weighted by molar-refractivity contribution is 0.0442. The number of pyridine rings is 1. The average Bonchev–Trinajstić information content (AvgIpc) is 3.21. The summed E-state index contributed by atoms with van der Waals surface area (Å²) in [6.07, 6.45) is 6.61. The number of amides is 2. The predicted molar refractivity (Wildman–Crippen MR) is 95.5 cm³/mol. The van der Waals surface area contributed by atoms with Gasteiger partial charge in [-0.15, -0.1) is 0 Å². The van der Waals surface area contributed by atoms with Crippen LogP contribution in [0.25, 0.3) is 0 Å². The molecule has 1 aromatic rings. The predicted octanol–water partition coefficient (Wildman–Crippen LogP) is 3.10. The average molecular weight is 361 g/mol. The van der Waals surface area contributed by atoms with E-state index in [1.807, 2.05) is 18.2 Å². The van der Waals surface area contributed by atoms with E-state index in [2.05, 4.69) is 10.3 Å². The van der Waals surface area contributed by atoms with Gasteiger partial charge in [-0.1, -0.05) is 6.07 Å². The lowest BCUT2D eigenvalue weighted by Crippen LogP contribution is -2.33. The smallest absolute Gasteiger partial charge is 0.409 e. The van der Waals surface area contributed by atoms with Crippen molar-refractivity contribution in [2.75, 3.05) is 19.7 Å². The lowest BCUT2D eigenvalue weighted by atomic mass is 9.88. The molecule has 0 aromatic carbocycles. The standard InChI is InChI=1S/C19H27N3O4/c23-18(21-13-16-5-1-2-10-20-16)26-17-8-6-15(7-9-17)14-25-19(24)22-11-3-4-12-22/h1-2,5,10,15,17H,3-4,6-9,11-14H2,(H,21,23). The Morgan fingerprint density at radius 3 is 2.62 bits per heavy atom. The Kier molecular flexibility index (Phi) is 6.68. The molecule has 2 amide bonds. The molecule has 1 N–H and O–H groups in total. The van der Waals surface area contributed by atoms with E-state index < -0.39 is 6.09 Å². The van der Waals surface area contributed by atoms with Crippen LogP contribution in [-0.2, 0) is 16.0 Å². The summed E-state index contributed by atoms with van der Waals surface area (Å²) in [5.41, 5.74) is 0.799. The highest BCUT2D eigenvalue weighted by atomic mass is 16.6.